The number of hydrogen-bond acceptors (Lipinski definition) is 5. The van der Waals surface area contributed by atoms with Gasteiger partial charge in [-0.1, -0.05) is 28.1 Å². The number of rotatable bonds is 6. The molecule has 0 radical (unpaired) electrons. The van der Waals surface area contributed by atoms with Gasteiger partial charge in [0, 0.05) is 4.47 Å². The molecule has 0 unspecified atom stereocenters. The predicted molar refractivity (Wildman–Crippen MR) is 92.7 cm³/mol. The van der Waals surface area contributed by atoms with Gasteiger partial charge in [-0.05, 0) is 44.2 Å². The van der Waals surface area contributed by atoms with Gasteiger partial charge in [-0.15, -0.1) is 0 Å². The van der Waals surface area contributed by atoms with Crippen molar-refractivity contribution >= 4 is 27.9 Å². The minimum atomic E-state index is -0.605. The molecule has 0 bridgehead atoms. The molecule has 0 amide bonds. The summed E-state index contributed by atoms with van der Waals surface area (Å²) >= 11 is 3.29. The summed E-state index contributed by atoms with van der Waals surface area (Å²) in [5.74, 6) is -0.598. The van der Waals surface area contributed by atoms with Crippen molar-refractivity contribution in [1.29, 1.82) is 0 Å². The fourth-order valence-electron chi connectivity index (χ4n) is 2.03. The quantitative estimate of drug-likeness (QED) is 0.543. The highest BCUT2D eigenvalue weighted by Crippen LogP contribution is 2.26. The van der Waals surface area contributed by atoms with Crippen LogP contribution in [0.25, 0.3) is 0 Å². The maximum Gasteiger partial charge on any atom is 0.347 e. The van der Waals surface area contributed by atoms with Gasteiger partial charge < -0.3 is 14.2 Å². The van der Waals surface area contributed by atoms with E-state index in [0.717, 1.165) is 0 Å². The summed E-state index contributed by atoms with van der Waals surface area (Å²) in [5.41, 5.74) is 0.463. The largest absolute Gasteiger partial charge is 0.493 e. The second-order valence-electron chi connectivity index (χ2n) is 4.68. The number of esters is 2. The molecule has 6 heteroatoms. The Morgan fingerprint density at radius 3 is 2.38 bits per heavy atom. The zero-order chi connectivity index (χ0) is 17.5. The first-order chi connectivity index (χ1) is 11.6. The summed E-state index contributed by atoms with van der Waals surface area (Å²) in [6.45, 7) is 4.19. The normalized spacial score (nSPS) is 10.1. The van der Waals surface area contributed by atoms with Gasteiger partial charge >= 0.3 is 11.9 Å². The number of ether oxygens (including phenoxy) is 3. The molecule has 126 valence electrons. The molecule has 0 N–H and O–H groups in total. The van der Waals surface area contributed by atoms with Crippen LogP contribution >= 0.6 is 15.9 Å². The van der Waals surface area contributed by atoms with Gasteiger partial charge in [-0.2, -0.15) is 0 Å². The highest BCUT2D eigenvalue weighted by molar-refractivity contribution is 9.10. The lowest BCUT2D eigenvalue weighted by Crippen LogP contribution is -2.14. The highest BCUT2D eigenvalue weighted by atomic mass is 79.9. The lowest BCUT2D eigenvalue weighted by atomic mass is 10.2. The number of carbonyl (C=O) groups excluding carboxylic acids is 2. The number of para-hydroxylation sites is 1. The van der Waals surface area contributed by atoms with Gasteiger partial charge in [0.25, 0.3) is 0 Å². The van der Waals surface area contributed by atoms with Crippen LogP contribution in [0.4, 0.5) is 0 Å². The summed E-state index contributed by atoms with van der Waals surface area (Å²) in [6.07, 6.45) is 0. The zero-order valence-corrected chi connectivity index (χ0v) is 15.0. The van der Waals surface area contributed by atoms with Crippen molar-refractivity contribution in [2.75, 3.05) is 13.2 Å². The van der Waals surface area contributed by atoms with Crippen molar-refractivity contribution in [3.63, 3.8) is 0 Å². The molecule has 0 aliphatic rings. The van der Waals surface area contributed by atoms with E-state index in [0.29, 0.717) is 16.8 Å². The molecule has 0 saturated heterocycles. The second kappa shape index (κ2) is 8.49. The molecule has 5 nitrogen and oxygen atoms in total. The first-order valence-corrected chi connectivity index (χ1v) is 8.26. The van der Waals surface area contributed by atoms with Gasteiger partial charge in [0.05, 0.1) is 13.2 Å². The van der Waals surface area contributed by atoms with Crippen molar-refractivity contribution in [1.82, 2.24) is 0 Å². The molecule has 0 fully saturated rings. The van der Waals surface area contributed by atoms with E-state index in [2.05, 4.69) is 15.9 Å². The smallest absolute Gasteiger partial charge is 0.347 e. The molecule has 2 aromatic rings. The van der Waals surface area contributed by atoms with Crippen molar-refractivity contribution in [2.45, 2.75) is 13.8 Å². The van der Waals surface area contributed by atoms with Gasteiger partial charge in [-0.3, -0.25) is 0 Å². The van der Waals surface area contributed by atoms with Gasteiger partial charge in [0.2, 0.25) is 0 Å². The second-order valence-corrected chi connectivity index (χ2v) is 5.60. The van der Waals surface area contributed by atoms with Crippen LogP contribution in [0.2, 0.25) is 0 Å². The van der Waals surface area contributed by atoms with Crippen molar-refractivity contribution in [3.8, 4) is 11.5 Å². The summed E-state index contributed by atoms with van der Waals surface area (Å²) in [5, 5.41) is 0. The minimum Gasteiger partial charge on any atom is -0.493 e. The minimum absolute atomic E-state index is 0.132. The molecule has 0 atom stereocenters. The number of hydrogen-bond donors (Lipinski definition) is 0. The molecular weight excluding hydrogens is 376 g/mol. The standard InChI is InChI=1S/C18H17BrO5/c1-3-22-15-8-6-5-7-13(15)18(21)24-16-10-9-12(19)11-14(16)17(20)23-4-2/h5-11H,3-4H2,1-2H3. The number of halogens is 1. The summed E-state index contributed by atoms with van der Waals surface area (Å²) in [6, 6.07) is 11.6. The van der Waals surface area contributed by atoms with E-state index in [1.165, 1.54) is 6.07 Å². The van der Waals surface area contributed by atoms with E-state index in [-0.39, 0.29) is 23.5 Å². The third-order valence-electron chi connectivity index (χ3n) is 3.05. The van der Waals surface area contributed by atoms with Crippen LogP contribution in [-0.4, -0.2) is 25.2 Å². The van der Waals surface area contributed by atoms with Gasteiger partial charge in [-0.25, -0.2) is 9.59 Å². The Hall–Kier alpha value is -2.34. The Morgan fingerprint density at radius 1 is 0.917 bits per heavy atom. The first kappa shape index (κ1) is 18.0. The van der Waals surface area contributed by atoms with Crippen LogP contribution in [0.3, 0.4) is 0 Å². The van der Waals surface area contributed by atoms with Crippen LogP contribution in [0.1, 0.15) is 34.6 Å². The van der Waals surface area contributed by atoms with Crippen LogP contribution in [0.5, 0.6) is 11.5 Å². The Balaban J connectivity index is 2.31. The number of carbonyl (C=O) groups is 2. The average Bonchev–Trinajstić information content (AvgIpc) is 2.57. The first-order valence-electron chi connectivity index (χ1n) is 7.47. The molecule has 2 rings (SSSR count). The summed E-state index contributed by atoms with van der Waals surface area (Å²) in [4.78, 5) is 24.5. The SMILES string of the molecule is CCOC(=O)c1cc(Br)ccc1OC(=O)c1ccccc1OCC. The van der Waals surface area contributed by atoms with Crippen molar-refractivity contribution in [2.24, 2.45) is 0 Å². The molecule has 0 aliphatic carbocycles. The van der Waals surface area contributed by atoms with E-state index >= 15 is 0 Å². The van der Waals surface area contributed by atoms with Crippen LogP contribution in [0, 0.1) is 0 Å². The third kappa shape index (κ3) is 4.35. The number of benzene rings is 2. The maximum absolute atomic E-state index is 12.5. The Kier molecular flexibility index (Phi) is 6.37. The van der Waals surface area contributed by atoms with Gasteiger partial charge in [0.15, 0.2) is 0 Å². The highest BCUT2D eigenvalue weighted by Gasteiger charge is 2.20. The maximum atomic E-state index is 12.5. The summed E-state index contributed by atoms with van der Waals surface area (Å²) < 4.78 is 16.5. The van der Waals surface area contributed by atoms with Crippen molar-refractivity contribution in [3.05, 3.63) is 58.1 Å². The molecule has 24 heavy (non-hydrogen) atoms. The fourth-order valence-corrected chi connectivity index (χ4v) is 2.39. The molecule has 2 aromatic carbocycles. The Bertz CT molecular complexity index is 742. The van der Waals surface area contributed by atoms with E-state index in [9.17, 15) is 9.59 Å². The van der Waals surface area contributed by atoms with Crippen LogP contribution in [0.15, 0.2) is 46.9 Å². The molecular formula is C18H17BrO5. The van der Waals surface area contributed by atoms with E-state index in [1.807, 2.05) is 6.92 Å². The molecule has 0 aliphatic heterocycles. The fraction of sp³-hybridized carbons (Fsp3) is 0.222. The molecule has 0 spiro atoms. The molecule has 0 heterocycles. The van der Waals surface area contributed by atoms with Crippen molar-refractivity contribution < 1.29 is 23.8 Å². The van der Waals surface area contributed by atoms with Gasteiger partial charge in [0.1, 0.15) is 22.6 Å². The molecule has 0 aromatic heterocycles. The van der Waals surface area contributed by atoms with Crippen LogP contribution < -0.4 is 9.47 Å². The Morgan fingerprint density at radius 2 is 1.67 bits per heavy atom. The van der Waals surface area contributed by atoms with E-state index in [4.69, 9.17) is 14.2 Å². The monoisotopic (exact) mass is 392 g/mol. The zero-order valence-electron chi connectivity index (χ0n) is 13.4. The topological polar surface area (TPSA) is 61.8 Å². The Labute approximate surface area is 148 Å². The van der Waals surface area contributed by atoms with E-state index < -0.39 is 11.9 Å². The van der Waals surface area contributed by atoms with E-state index in [1.54, 1.807) is 43.3 Å². The predicted octanol–water partition coefficient (Wildman–Crippen LogP) is 4.24. The lowest BCUT2D eigenvalue weighted by Gasteiger charge is -2.12. The van der Waals surface area contributed by atoms with Crippen LogP contribution in [-0.2, 0) is 4.74 Å². The molecule has 0 saturated carbocycles. The third-order valence-corrected chi connectivity index (χ3v) is 3.54. The average molecular weight is 393 g/mol. The summed E-state index contributed by atoms with van der Waals surface area (Å²) in [7, 11) is 0. The lowest BCUT2D eigenvalue weighted by molar-refractivity contribution is 0.0520.